The summed E-state index contributed by atoms with van der Waals surface area (Å²) in [6.45, 7) is 0. The molecule has 0 unspecified atom stereocenters. The standard InChI is InChI=1S/C6H3FIN3/c7-5-1-3-4(2-9-5)10-11-6(3)8/h1-2H,(H,10,11). The van der Waals surface area contributed by atoms with Crippen LogP contribution in [0.15, 0.2) is 12.3 Å². The topological polar surface area (TPSA) is 41.6 Å². The molecule has 0 aromatic carbocycles. The molecule has 0 radical (unpaired) electrons. The third-order valence-corrected chi connectivity index (χ3v) is 2.18. The maximum Gasteiger partial charge on any atom is 0.213 e. The number of aromatic amines is 1. The van der Waals surface area contributed by atoms with Gasteiger partial charge in [-0.3, -0.25) is 5.10 Å². The molecule has 0 aliphatic carbocycles. The van der Waals surface area contributed by atoms with E-state index in [9.17, 15) is 4.39 Å². The van der Waals surface area contributed by atoms with Crippen LogP contribution >= 0.6 is 22.6 Å². The van der Waals surface area contributed by atoms with E-state index in [4.69, 9.17) is 0 Å². The maximum atomic E-state index is 12.5. The summed E-state index contributed by atoms with van der Waals surface area (Å²) in [5, 5.41) is 7.41. The minimum absolute atomic E-state index is 0.475. The van der Waals surface area contributed by atoms with Gasteiger partial charge >= 0.3 is 0 Å². The highest BCUT2D eigenvalue weighted by atomic mass is 127. The van der Waals surface area contributed by atoms with Crippen molar-refractivity contribution in [3.05, 3.63) is 21.9 Å². The zero-order valence-corrected chi connectivity index (χ0v) is 7.46. The van der Waals surface area contributed by atoms with Crippen molar-refractivity contribution in [2.75, 3.05) is 0 Å². The number of halogens is 2. The lowest BCUT2D eigenvalue weighted by molar-refractivity contribution is 0.586. The van der Waals surface area contributed by atoms with E-state index in [-0.39, 0.29) is 0 Å². The fourth-order valence-electron chi connectivity index (χ4n) is 0.857. The van der Waals surface area contributed by atoms with Crippen LogP contribution in [0.5, 0.6) is 0 Å². The molecule has 1 N–H and O–H groups in total. The summed E-state index contributed by atoms with van der Waals surface area (Å²) in [5.74, 6) is -0.475. The SMILES string of the molecule is Fc1cc2c(I)[nH]nc2cn1. The first-order valence-electron chi connectivity index (χ1n) is 2.92. The Morgan fingerprint density at radius 3 is 3.18 bits per heavy atom. The molecule has 0 fully saturated rings. The lowest BCUT2D eigenvalue weighted by atomic mass is 10.3. The number of pyridine rings is 1. The van der Waals surface area contributed by atoms with Crippen LogP contribution < -0.4 is 0 Å². The molecule has 0 saturated heterocycles. The second-order valence-corrected chi connectivity index (χ2v) is 3.14. The molecule has 11 heavy (non-hydrogen) atoms. The van der Waals surface area contributed by atoms with Crippen LogP contribution in [0.3, 0.4) is 0 Å². The average Bonchev–Trinajstić information content (AvgIpc) is 2.33. The van der Waals surface area contributed by atoms with E-state index in [0.717, 1.165) is 9.09 Å². The third-order valence-electron chi connectivity index (χ3n) is 1.36. The molecule has 0 saturated carbocycles. The molecule has 2 rings (SSSR count). The first-order chi connectivity index (χ1) is 5.27. The average molecular weight is 263 g/mol. The second kappa shape index (κ2) is 2.40. The third kappa shape index (κ3) is 1.09. The van der Waals surface area contributed by atoms with Gasteiger partial charge in [-0.1, -0.05) is 0 Å². The molecule has 2 aromatic rings. The predicted molar refractivity (Wildman–Crippen MR) is 46.6 cm³/mol. The Balaban J connectivity index is 2.87. The molecule has 2 aromatic heterocycles. The fourth-order valence-corrected chi connectivity index (χ4v) is 1.41. The van der Waals surface area contributed by atoms with E-state index in [1.54, 1.807) is 0 Å². The van der Waals surface area contributed by atoms with Crippen molar-refractivity contribution in [2.45, 2.75) is 0 Å². The van der Waals surface area contributed by atoms with Crippen LogP contribution in [0, 0.1) is 9.65 Å². The monoisotopic (exact) mass is 263 g/mol. The van der Waals surface area contributed by atoms with Gasteiger partial charge < -0.3 is 0 Å². The van der Waals surface area contributed by atoms with Gasteiger partial charge in [-0.15, -0.1) is 0 Å². The van der Waals surface area contributed by atoms with Crippen molar-refractivity contribution in [2.24, 2.45) is 0 Å². The summed E-state index contributed by atoms with van der Waals surface area (Å²) in [7, 11) is 0. The second-order valence-electron chi connectivity index (χ2n) is 2.06. The molecule has 2 heterocycles. The van der Waals surface area contributed by atoms with Gasteiger partial charge in [-0.25, -0.2) is 4.98 Å². The molecular weight excluding hydrogens is 260 g/mol. The van der Waals surface area contributed by atoms with Crippen molar-refractivity contribution in [3.8, 4) is 0 Å². The molecule has 0 spiro atoms. The molecule has 3 nitrogen and oxygen atoms in total. The molecular formula is C6H3FIN3. The van der Waals surface area contributed by atoms with E-state index in [1.165, 1.54) is 12.3 Å². The van der Waals surface area contributed by atoms with E-state index >= 15 is 0 Å². The highest BCUT2D eigenvalue weighted by Crippen LogP contribution is 2.16. The Morgan fingerprint density at radius 2 is 2.36 bits per heavy atom. The Kier molecular flexibility index (Phi) is 1.52. The largest absolute Gasteiger partial charge is 0.271 e. The smallest absolute Gasteiger partial charge is 0.213 e. The minimum atomic E-state index is -0.475. The summed E-state index contributed by atoms with van der Waals surface area (Å²) < 4.78 is 13.4. The predicted octanol–water partition coefficient (Wildman–Crippen LogP) is 1.70. The number of rotatable bonds is 0. The molecule has 56 valence electrons. The van der Waals surface area contributed by atoms with Crippen LogP contribution in [-0.2, 0) is 0 Å². The van der Waals surface area contributed by atoms with E-state index in [0.29, 0.717) is 5.52 Å². The van der Waals surface area contributed by atoms with Crippen molar-refractivity contribution in [3.63, 3.8) is 0 Å². The first-order valence-corrected chi connectivity index (χ1v) is 4.00. The normalized spacial score (nSPS) is 10.7. The quantitative estimate of drug-likeness (QED) is 0.580. The number of fused-ring (bicyclic) bond motifs is 1. The molecule has 0 aliphatic heterocycles. The van der Waals surface area contributed by atoms with Crippen LogP contribution in [0.2, 0.25) is 0 Å². The summed E-state index contributed by atoms with van der Waals surface area (Å²) in [4.78, 5) is 3.47. The number of nitrogens with zero attached hydrogens (tertiary/aromatic N) is 2. The van der Waals surface area contributed by atoms with Crippen molar-refractivity contribution in [1.29, 1.82) is 0 Å². The van der Waals surface area contributed by atoms with Crippen molar-refractivity contribution in [1.82, 2.24) is 15.2 Å². The van der Waals surface area contributed by atoms with E-state index in [2.05, 4.69) is 37.8 Å². The molecule has 0 amide bonds. The van der Waals surface area contributed by atoms with Gasteiger partial charge in [0, 0.05) is 11.5 Å². The molecule has 0 bridgehead atoms. The lowest BCUT2D eigenvalue weighted by Gasteiger charge is -1.86. The highest BCUT2D eigenvalue weighted by molar-refractivity contribution is 14.1. The molecule has 5 heteroatoms. The van der Waals surface area contributed by atoms with Gasteiger partial charge in [0.05, 0.1) is 6.20 Å². The summed E-state index contributed by atoms with van der Waals surface area (Å²) in [6, 6.07) is 1.36. The Bertz CT molecular complexity index is 398. The number of aromatic nitrogens is 3. The van der Waals surface area contributed by atoms with Crippen LogP contribution in [0.25, 0.3) is 10.9 Å². The molecule has 0 atom stereocenters. The van der Waals surface area contributed by atoms with Crippen LogP contribution in [0.1, 0.15) is 0 Å². The van der Waals surface area contributed by atoms with Gasteiger partial charge in [0.25, 0.3) is 0 Å². The Morgan fingerprint density at radius 1 is 1.55 bits per heavy atom. The van der Waals surface area contributed by atoms with Gasteiger partial charge in [0.2, 0.25) is 5.95 Å². The van der Waals surface area contributed by atoms with E-state index in [1.807, 2.05) is 0 Å². The van der Waals surface area contributed by atoms with Gasteiger partial charge in [0.1, 0.15) is 9.22 Å². The fraction of sp³-hybridized carbons (Fsp3) is 0. The summed E-state index contributed by atoms with van der Waals surface area (Å²) in [6.07, 6.45) is 1.41. The Hall–Kier alpha value is -0.720. The first kappa shape index (κ1) is 6.96. The zero-order chi connectivity index (χ0) is 7.84. The van der Waals surface area contributed by atoms with Gasteiger partial charge in [0.15, 0.2) is 0 Å². The zero-order valence-electron chi connectivity index (χ0n) is 5.31. The summed E-state index contributed by atoms with van der Waals surface area (Å²) >= 11 is 2.06. The lowest BCUT2D eigenvalue weighted by Crippen LogP contribution is -1.79. The number of hydrogen-bond donors (Lipinski definition) is 1. The number of nitrogens with one attached hydrogen (secondary N) is 1. The van der Waals surface area contributed by atoms with Crippen LogP contribution in [-0.4, -0.2) is 15.2 Å². The van der Waals surface area contributed by atoms with E-state index < -0.39 is 5.95 Å². The Labute approximate surface area is 75.2 Å². The van der Waals surface area contributed by atoms with Gasteiger partial charge in [-0.2, -0.15) is 9.49 Å². The van der Waals surface area contributed by atoms with Gasteiger partial charge in [-0.05, 0) is 22.6 Å². The van der Waals surface area contributed by atoms with Crippen LogP contribution in [0.4, 0.5) is 4.39 Å². The summed E-state index contributed by atoms with van der Waals surface area (Å²) in [5.41, 5.74) is 0.691. The molecule has 0 aliphatic rings. The number of H-pyrrole nitrogens is 1. The maximum absolute atomic E-state index is 12.5. The van der Waals surface area contributed by atoms with Crippen molar-refractivity contribution >= 4 is 33.5 Å². The van der Waals surface area contributed by atoms with Crippen molar-refractivity contribution < 1.29 is 4.39 Å². The number of hydrogen-bond acceptors (Lipinski definition) is 2. The minimum Gasteiger partial charge on any atom is -0.271 e. The highest BCUT2D eigenvalue weighted by Gasteiger charge is 2.02.